The second kappa shape index (κ2) is 8.89. The Morgan fingerprint density at radius 1 is 1.00 bits per heavy atom. The van der Waals surface area contributed by atoms with Crippen molar-refractivity contribution in [3.05, 3.63) is 83.8 Å². The van der Waals surface area contributed by atoms with Crippen molar-refractivity contribution in [2.24, 2.45) is 0 Å². The molecule has 0 fully saturated rings. The van der Waals surface area contributed by atoms with Crippen LogP contribution in [0.2, 0.25) is 0 Å². The third-order valence-corrected chi connectivity index (χ3v) is 4.85. The van der Waals surface area contributed by atoms with E-state index in [9.17, 15) is 0 Å². The Morgan fingerprint density at radius 3 is 2.41 bits per heavy atom. The van der Waals surface area contributed by atoms with Gasteiger partial charge < -0.3 is 9.15 Å². The first-order valence-corrected chi connectivity index (χ1v) is 9.79. The number of para-hydroxylation sites is 2. The summed E-state index contributed by atoms with van der Waals surface area (Å²) in [4.78, 5) is 2.12. The van der Waals surface area contributed by atoms with Gasteiger partial charge in [0.2, 0.25) is 10.6 Å². The molecule has 0 spiro atoms. The standard InChI is InChI=1S/C22H22N4O2S/c1-24(14-16-27-19-11-6-3-7-12-19)17-25-22(29)26(18-9-4-2-5-10-18)21(23-25)20-13-8-15-28-20/h2-13,15H,14,16-17H2,1H3. The van der Waals surface area contributed by atoms with Gasteiger partial charge in [0.25, 0.3) is 0 Å². The number of furan rings is 1. The molecule has 148 valence electrons. The van der Waals surface area contributed by atoms with Crippen molar-refractivity contribution in [3.8, 4) is 23.0 Å². The van der Waals surface area contributed by atoms with Gasteiger partial charge in [0.15, 0.2) is 5.76 Å². The summed E-state index contributed by atoms with van der Waals surface area (Å²) in [5, 5.41) is 4.73. The van der Waals surface area contributed by atoms with Gasteiger partial charge in [-0.25, -0.2) is 4.68 Å². The molecule has 4 rings (SSSR count). The number of nitrogens with zero attached hydrogens (tertiary/aromatic N) is 4. The van der Waals surface area contributed by atoms with Gasteiger partial charge in [-0.15, -0.1) is 5.10 Å². The highest BCUT2D eigenvalue weighted by molar-refractivity contribution is 7.71. The van der Waals surface area contributed by atoms with Gasteiger partial charge in [0.1, 0.15) is 12.4 Å². The van der Waals surface area contributed by atoms with E-state index in [1.807, 2.05) is 89.1 Å². The number of aromatic nitrogens is 3. The van der Waals surface area contributed by atoms with Crippen LogP contribution in [0.15, 0.2) is 83.5 Å². The van der Waals surface area contributed by atoms with Crippen LogP contribution in [0.3, 0.4) is 0 Å². The van der Waals surface area contributed by atoms with Crippen molar-refractivity contribution in [2.75, 3.05) is 20.2 Å². The van der Waals surface area contributed by atoms with E-state index in [-0.39, 0.29) is 0 Å². The molecule has 7 heteroatoms. The number of hydrogen-bond acceptors (Lipinski definition) is 5. The molecule has 0 aliphatic heterocycles. The molecule has 2 aromatic carbocycles. The van der Waals surface area contributed by atoms with Crippen LogP contribution in [0, 0.1) is 4.77 Å². The van der Waals surface area contributed by atoms with E-state index >= 15 is 0 Å². The van der Waals surface area contributed by atoms with E-state index in [0.717, 1.165) is 18.0 Å². The van der Waals surface area contributed by atoms with Gasteiger partial charge in [0.05, 0.1) is 18.6 Å². The minimum atomic E-state index is 0.546. The minimum absolute atomic E-state index is 0.546. The summed E-state index contributed by atoms with van der Waals surface area (Å²) < 4.78 is 15.7. The average Bonchev–Trinajstić information content (AvgIpc) is 3.38. The number of rotatable bonds is 8. The quantitative estimate of drug-likeness (QED) is 0.399. The van der Waals surface area contributed by atoms with E-state index in [1.165, 1.54) is 0 Å². The second-order valence-electron chi connectivity index (χ2n) is 6.64. The van der Waals surface area contributed by atoms with Gasteiger partial charge in [-0.3, -0.25) is 9.47 Å². The Bertz CT molecular complexity index is 1090. The van der Waals surface area contributed by atoms with E-state index in [2.05, 4.69) is 4.90 Å². The van der Waals surface area contributed by atoms with Crippen molar-refractivity contribution in [3.63, 3.8) is 0 Å². The zero-order chi connectivity index (χ0) is 20.1. The Kier molecular flexibility index (Phi) is 5.88. The highest BCUT2D eigenvalue weighted by atomic mass is 32.1. The number of likely N-dealkylation sites (N-methyl/N-ethyl adjacent to an activating group) is 1. The molecule has 0 N–H and O–H groups in total. The lowest BCUT2D eigenvalue weighted by molar-refractivity contribution is 0.198. The van der Waals surface area contributed by atoms with Gasteiger partial charge in [-0.05, 0) is 55.7 Å². The van der Waals surface area contributed by atoms with Crippen LogP contribution in [0.5, 0.6) is 5.75 Å². The predicted octanol–water partition coefficient (Wildman–Crippen LogP) is 4.63. The predicted molar refractivity (Wildman–Crippen MR) is 115 cm³/mol. The lowest BCUT2D eigenvalue weighted by atomic mass is 10.3. The van der Waals surface area contributed by atoms with Crippen LogP contribution in [0.25, 0.3) is 17.3 Å². The van der Waals surface area contributed by atoms with Gasteiger partial charge in [-0.1, -0.05) is 36.4 Å². The Balaban J connectivity index is 1.52. The van der Waals surface area contributed by atoms with Crippen LogP contribution in [0.1, 0.15) is 0 Å². The first-order valence-electron chi connectivity index (χ1n) is 9.38. The topological polar surface area (TPSA) is 48.4 Å². The van der Waals surface area contributed by atoms with Crippen LogP contribution in [-0.2, 0) is 6.67 Å². The van der Waals surface area contributed by atoms with E-state index < -0.39 is 0 Å². The molecule has 2 aromatic heterocycles. The third-order valence-electron chi connectivity index (χ3n) is 4.46. The van der Waals surface area contributed by atoms with Gasteiger partial charge in [0, 0.05) is 6.54 Å². The first kappa shape index (κ1) is 19.2. The molecule has 2 heterocycles. The van der Waals surface area contributed by atoms with Crippen LogP contribution >= 0.6 is 12.2 Å². The summed E-state index contributed by atoms with van der Waals surface area (Å²) in [5.41, 5.74) is 0.949. The van der Waals surface area contributed by atoms with Crippen molar-refractivity contribution in [1.82, 2.24) is 19.2 Å². The molecule has 0 atom stereocenters. The lowest BCUT2D eigenvalue weighted by Crippen LogP contribution is -2.27. The van der Waals surface area contributed by atoms with Gasteiger partial charge >= 0.3 is 0 Å². The normalized spacial score (nSPS) is 11.1. The molecule has 0 amide bonds. The molecular formula is C22H22N4O2S. The van der Waals surface area contributed by atoms with E-state index in [4.69, 9.17) is 26.5 Å². The fourth-order valence-corrected chi connectivity index (χ4v) is 3.30. The maximum Gasteiger partial charge on any atom is 0.204 e. The summed E-state index contributed by atoms with van der Waals surface area (Å²) in [6.07, 6.45) is 1.64. The van der Waals surface area contributed by atoms with Crippen molar-refractivity contribution >= 4 is 12.2 Å². The summed E-state index contributed by atoms with van der Waals surface area (Å²) >= 11 is 5.74. The largest absolute Gasteiger partial charge is 0.492 e. The second-order valence-corrected chi connectivity index (χ2v) is 7.00. The van der Waals surface area contributed by atoms with Crippen LogP contribution in [0.4, 0.5) is 0 Å². The molecule has 0 bridgehead atoms. The monoisotopic (exact) mass is 406 g/mol. The van der Waals surface area contributed by atoms with Gasteiger partial charge in [-0.2, -0.15) is 0 Å². The average molecular weight is 407 g/mol. The van der Waals surface area contributed by atoms with E-state index in [0.29, 0.717) is 29.6 Å². The van der Waals surface area contributed by atoms with Crippen LogP contribution < -0.4 is 4.74 Å². The van der Waals surface area contributed by atoms with Crippen molar-refractivity contribution in [2.45, 2.75) is 6.67 Å². The molecule has 0 unspecified atom stereocenters. The smallest absolute Gasteiger partial charge is 0.204 e. The fourth-order valence-electron chi connectivity index (χ4n) is 3.01. The Hall–Kier alpha value is -3.16. The molecule has 0 saturated carbocycles. The van der Waals surface area contributed by atoms with Crippen LogP contribution in [-0.4, -0.2) is 39.4 Å². The highest BCUT2D eigenvalue weighted by Gasteiger charge is 2.17. The molecule has 6 nitrogen and oxygen atoms in total. The summed E-state index contributed by atoms with van der Waals surface area (Å²) in [5.74, 6) is 2.22. The Labute approximate surface area is 174 Å². The molecule has 0 aliphatic carbocycles. The maximum atomic E-state index is 5.78. The number of ether oxygens (including phenoxy) is 1. The van der Waals surface area contributed by atoms with Crippen molar-refractivity contribution in [1.29, 1.82) is 0 Å². The Morgan fingerprint density at radius 2 is 1.72 bits per heavy atom. The number of hydrogen-bond donors (Lipinski definition) is 0. The zero-order valence-corrected chi connectivity index (χ0v) is 17.0. The third kappa shape index (κ3) is 4.47. The summed E-state index contributed by atoms with van der Waals surface area (Å²) in [6.45, 7) is 1.87. The maximum absolute atomic E-state index is 5.78. The minimum Gasteiger partial charge on any atom is -0.492 e. The first-order chi connectivity index (χ1) is 14.2. The number of benzene rings is 2. The molecule has 29 heavy (non-hydrogen) atoms. The molecular weight excluding hydrogens is 384 g/mol. The SMILES string of the molecule is CN(CCOc1ccccc1)Cn1nc(-c2ccco2)n(-c2ccccc2)c1=S. The van der Waals surface area contributed by atoms with Crippen molar-refractivity contribution < 1.29 is 9.15 Å². The molecule has 0 saturated heterocycles. The zero-order valence-electron chi connectivity index (χ0n) is 16.1. The highest BCUT2D eigenvalue weighted by Crippen LogP contribution is 2.23. The molecule has 4 aromatic rings. The summed E-state index contributed by atoms with van der Waals surface area (Å²) in [7, 11) is 2.02. The lowest BCUT2D eigenvalue weighted by Gasteiger charge is -2.16. The molecule has 0 aliphatic rings. The fraction of sp³-hybridized carbons (Fsp3) is 0.182. The summed E-state index contributed by atoms with van der Waals surface area (Å²) in [6, 6.07) is 23.5. The molecule has 0 radical (unpaired) electrons. The van der Waals surface area contributed by atoms with E-state index in [1.54, 1.807) is 6.26 Å².